The zero-order valence-electron chi connectivity index (χ0n) is 10.4. The lowest BCUT2D eigenvalue weighted by Gasteiger charge is -2.25. The Kier molecular flexibility index (Phi) is 5.65. The topological polar surface area (TPSA) is 49.8 Å². The summed E-state index contributed by atoms with van der Waals surface area (Å²) < 4.78 is 5.19. The van der Waals surface area contributed by atoms with E-state index in [-0.39, 0.29) is 18.6 Å². The highest BCUT2D eigenvalue weighted by atomic mass is 16.6. The number of aliphatic hydroxyl groups excluding tert-OH is 1. The van der Waals surface area contributed by atoms with E-state index in [4.69, 9.17) is 9.84 Å². The van der Waals surface area contributed by atoms with Crippen LogP contribution in [-0.4, -0.2) is 41.9 Å². The summed E-state index contributed by atoms with van der Waals surface area (Å²) >= 11 is 0. The van der Waals surface area contributed by atoms with E-state index in [1.165, 1.54) is 4.90 Å². The van der Waals surface area contributed by atoms with Gasteiger partial charge in [-0.1, -0.05) is 6.92 Å². The number of hydrogen-bond acceptors (Lipinski definition) is 3. The molecule has 0 aromatic carbocycles. The Morgan fingerprint density at radius 1 is 1.47 bits per heavy atom. The van der Waals surface area contributed by atoms with E-state index in [2.05, 4.69) is 0 Å². The Bertz CT molecular complexity index is 198. The fraction of sp³-hybridized carbons (Fsp3) is 0.909. The molecule has 0 spiro atoms. The predicted octanol–water partition coefficient (Wildman–Crippen LogP) is 1.87. The average Bonchev–Trinajstić information content (AvgIpc) is 2.10. The van der Waals surface area contributed by atoms with Crippen LogP contribution in [0, 0.1) is 5.92 Å². The van der Waals surface area contributed by atoms with E-state index in [1.807, 2.05) is 27.7 Å². The molecule has 0 saturated carbocycles. The van der Waals surface area contributed by atoms with Gasteiger partial charge in [-0.05, 0) is 33.1 Å². The highest BCUT2D eigenvalue weighted by molar-refractivity contribution is 5.67. The number of ether oxygens (including phenoxy) is 1. The monoisotopic (exact) mass is 217 g/mol. The van der Waals surface area contributed by atoms with Crippen molar-refractivity contribution in [3.63, 3.8) is 0 Å². The molecule has 0 aliphatic rings. The molecular weight excluding hydrogens is 194 g/mol. The standard InChI is InChI=1S/C11H23NO3/c1-9(8-13)6-7-12(5)10(14)15-11(2,3)4/h9,13H,6-8H2,1-5H3/t9-/m1/s1. The summed E-state index contributed by atoms with van der Waals surface area (Å²) in [5, 5.41) is 8.84. The molecule has 0 radical (unpaired) electrons. The second-order valence-electron chi connectivity index (χ2n) is 4.98. The first-order valence-corrected chi connectivity index (χ1v) is 5.31. The van der Waals surface area contributed by atoms with Crippen molar-refractivity contribution >= 4 is 6.09 Å². The Labute approximate surface area is 92.2 Å². The van der Waals surface area contributed by atoms with Crippen molar-refractivity contribution < 1.29 is 14.6 Å². The molecule has 0 aliphatic carbocycles. The Balaban J connectivity index is 3.90. The second kappa shape index (κ2) is 5.95. The fourth-order valence-corrected chi connectivity index (χ4v) is 0.936. The van der Waals surface area contributed by atoms with Crippen LogP contribution < -0.4 is 0 Å². The molecule has 1 N–H and O–H groups in total. The maximum Gasteiger partial charge on any atom is 0.410 e. The van der Waals surface area contributed by atoms with Crippen LogP contribution in [0.15, 0.2) is 0 Å². The van der Waals surface area contributed by atoms with E-state index in [0.717, 1.165) is 6.42 Å². The number of rotatable bonds is 4. The van der Waals surface area contributed by atoms with Crippen LogP contribution in [0.3, 0.4) is 0 Å². The van der Waals surface area contributed by atoms with Gasteiger partial charge in [0.1, 0.15) is 5.60 Å². The van der Waals surface area contributed by atoms with E-state index in [0.29, 0.717) is 6.54 Å². The molecule has 15 heavy (non-hydrogen) atoms. The molecule has 0 fully saturated rings. The molecule has 0 rings (SSSR count). The molecule has 0 heterocycles. The van der Waals surface area contributed by atoms with Crippen LogP contribution in [0.5, 0.6) is 0 Å². The van der Waals surface area contributed by atoms with Gasteiger partial charge in [0.25, 0.3) is 0 Å². The Hall–Kier alpha value is -0.770. The molecule has 0 saturated heterocycles. The van der Waals surface area contributed by atoms with Gasteiger partial charge < -0.3 is 14.7 Å². The third kappa shape index (κ3) is 7.19. The smallest absolute Gasteiger partial charge is 0.410 e. The third-order valence-electron chi connectivity index (χ3n) is 1.97. The third-order valence-corrected chi connectivity index (χ3v) is 1.97. The molecule has 4 nitrogen and oxygen atoms in total. The van der Waals surface area contributed by atoms with E-state index >= 15 is 0 Å². The van der Waals surface area contributed by atoms with Gasteiger partial charge in [0.2, 0.25) is 0 Å². The first kappa shape index (κ1) is 14.2. The molecule has 1 atom stereocenters. The molecule has 0 aromatic heterocycles. The molecule has 0 aromatic rings. The van der Waals surface area contributed by atoms with Crippen LogP contribution in [-0.2, 0) is 4.74 Å². The lowest BCUT2D eigenvalue weighted by Crippen LogP contribution is -2.35. The zero-order chi connectivity index (χ0) is 12.1. The average molecular weight is 217 g/mol. The minimum Gasteiger partial charge on any atom is -0.444 e. The summed E-state index contributed by atoms with van der Waals surface area (Å²) in [5.74, 6) is 0.217. The van der Waals surface area contributed by atoms with Crippen LogP contribution in [0.1, 0.15) is 34.1 Å². The first-order chi connectivity index (χ1) is 6.76. The zero-order valence-corrected chi connectivity index (χ0v) is 10.4. The summed E-state index contributed by atoms with van der Waals surface area (Å²) in [7, 11) is 1.71. The summed E-state index contributed by atoms with van der Waals surface area (Å²) in [6, 6.07) is 0. The largest absolute Gasteiger partial charge is 0.444 e. The van der Waals surface area contributed by atoms with Crippen molar-refractivity contribution in [3.05, 3.63) is 0 Å². The Morgan fingerprint density at radius 3 is 2.40 bits per heavy atom. The van der Waals surface area contributed by atoms with Crippen LogP contribution >= 0.6 is 0 Å². The molecule has 0 aliphatic heterocycles. The summed E-state index contributed by atoms with van der Waals surface area (Å²) in [6.07, 6.45) is 0.472. The van der Waals surface area contributed by atoms with Gasteiger partial charge in [-0.3, -0.25) is 0 Å². The maximum atomic E-state index is 11.5. The van der Waals surface area contributed by atoms with Crippen molar-refractivity contribution in [3.8, 4) is 0 Å². The highest BCUT2D eigenvalue weighted by Crippen LogP contribution is 2.10. The van der Waals surface area contributed by atoms with Gasteiger partial charge in [-0.2, -0.15) is 0 Å². The minimum absolute atomic E-state index is 0.155. The quantitative estimate of drug-likeness (QED) is 0.782. The molecule has 90 valence electrons. The van der Waals surface area contributed by atoms with Gasteiger partial charge in [0.15, 0.2) is 0 Å². The van der Waals surface area contributed by atoms with Crippen molar-refractivity contribution in [2.24, 2.45) is 5.92 Å². The van der Waals surface area contributed by atoms with E-state index in [1.54, 1.807) is 7.05 Å². The SMILES string of the molecule is C[C@@H](CO)CCN(C)C(=O)OC(C)(C)C. The van der Waals surface area contributed by atoms with Gasteiger partial charge in [0.05, 0.1) is 0 Å². The van der Waals surface area contributed by atoms with Gasteiger partial charge in [-0.25, -0.2) is 4.79 Å². The fourth-order valence-electron chi connectivity index (χ4n) is 0.936. The molecular formula is C11H23NO3. The number of carbonyl (C=O) groups excluding carboxylic acids is 1. The number of hydrogen-bond donors (Lipinski definition) is 1. The highest BCUT2D eigenvalue weighted by Gasteiger charge is 2.19. The number of nitrogens with zero attached hydrogens (tertiary/aromatic N) is 1. The van der Waals surface area contributed by atoms with E-state index < -0.39 is 5.60 Å². The van der Waals surface area contributed by atoms with Crippen LogP contribution in [0.2, 0.25) is 0 Å². The summed E-state index contributed by atoms with van der Waals surface area (Å²) in [5.41, 5.74) is -0.450. The molecule has 0 bridgehead atoms. The van der Waals surface area contributed by atoms with Crippen LogP contribution in [0.4, 0.5) is 4.79 Å². The lowest BCUT2D eigenvalue weighted by atomic mass is 10.1. The summed E-state index contributed by atoms with van der Waals surface area (Å²) in [4.78, 5) is 13.0. The van der Waals surface area contributed by atoms with Gasteiger partial charge >= 0.3 is 6.09 Å². The normalized spacial score (nSPS) is 13.5. The van der Waals surface area contributed by atoms with Crippen molar-refractivity contribution in [2.75, 3.05) is 20.2 Å². The Morgan fingerprint density at radius 2 is 2.00 bits per heavy atom. The predicted molar refractivity (Wildman–Crippen MR) is 59.7 cm³/mol. The van der Waals surface area contributed by atoms with Crippen LogP contribution in [0.25, 0.3) is 0 Å². The van der Waals surface area contributed by atoms with Crippen molar-refractivity contribution in [1.82, 2.24) is 4.90 Å². The molecule has 0 unspecified atom stereocenters. The maximum absolute atomic E-state index is 11.5. The minimum atomic E-state index is -0.450. The first-order valence-electron chi connectivity index (χ1n) is 5.31. The van der Waals surface area contributed by atoms with Crippen molar-refractivity contribution in [2.45, 2.75) is 39.7 Å². The number of amides is 1. The summed E-state index contributed by atoms with van der Waals surface area (Å²) in [6.45, 7) is 8.24. The number of carbonyl (C=O) groups is 1. The second-order valence-corrected chi connectivity index (χ2v) is 4.98. The van der Waals surface area contributed by atoms with Gasteiger partial charge in [0, 0.05) is 20.2 Å². The van der Waals surface area contributed by atoms with E-state index in [9.17, 15) is 4.79 Å². The lowest BCUT2D eigenvalue weighted by molar-refractivity contribution is 0.0286. The van der Waals surface area contributed by atoms with Crippen molar-refractivity contribution in [1.29, 1.82) is 0 Å². The molecule has 1 amide bonds. The number of aliphatic hydroxyl groups is 1. The van der Waals surface area contributed by atoms with Gasteiger partial charge in [-0.15, -0.1) is 0 Å². The molecule has 4 heteroatoms.